The Balaban J connectivity index is 2.35. The lowest BCUT2D eigenvalue weighted by atomic mass is 10.1. The van der Waals surface area contributed by atoms with Gasteiger partial charge in [0.05, 0.1) is 16.2 Å². The number of hydrogen-bond donors (Lipinski definition) is 2. The number of benzene rings is 1. The number of carbonyl (C=O) groups is 3. The van der Waals surface area contributed by atoms with Crippen molar-refractivity contribution in [3.05, 3.63) is 45.6 Å². The zero-order chi connectivity index (χ0) is 18.1. The van der Waals surface area contributed by atoms with Gasteiger partial charge in [-0.05, 0) is 6.07 Å². The number of non-ortho nitro benzene ring substituents is 1. The largest absolute Gasteiger partial charge is 0.478 e. The summed E-state index contributed by atoms with van der Waals surface area (Å²) in [6.45, 7) is 2.74. The Morgan fingerprint density at radius 3 is 2.38 bits per heavy atom. The van der Waals surface area contributed by atoms with Crippen LogP contribution in [-0.4, -0.2) is 33.7 Å². The maximum Gasteiger partial charge on any atom is 0.350 e. The lowest BCUT2D eigenvalue weighted by Crippen LogP contribution is -2.42. The average molecular weight is 336 g/mol. The van der Waals surface area contributed by atoms with Gasteiger partial charge < -0.3 is 19.9 Å². The van der Waals surface area contributed by atoms with Gasteiger partial charge in [0.1, 0.15) is 0 Å². The van der Waals surface area contributed by atoms with E-state index in [1.54, 1.807) is 0 Å². The highest BCUT2D eigenvalue weighted by atomic mass is 16.7. The van der Waals surface area contributed by atoms with Crippen molar-refractivity contribution in [1.82, 2.24) is 0 Å². The predicted octanol–water partition coefficient (Wildman–Crippen LogP) is 1.42. The molecule has 1 aromatic rings. The van der Waals surface area contributed by atoms with E-state index in [0.29, 0.717) is 0 Å². The van der Waals surface area contributed by atoms with Crippen LogP contribution < -0.4 is 5.32 Å². The number of hydrogen-bond acceptors (Lipinski definition) is 8. The molecule has 0 spiro atoms. The highest BCUT2D eigenvalue weighted by Gasteiger charge is 2.39. The molecule has 2 N–H and O–H groups in total. The Kier molecular flexibility index (Phi) is 4.22. The molecule has 0 radical (unpaired) electrons. The Morgan fingerprint density at radius 1 is 1.29 bits per heavy atom. The molecular formula is C14H12N2O8. The van der Waals surface area contributed by atoms with Crippen LogP contribution in [-0.2, 0) is 19.1 Å². The smallest absolute Gasteiger partial charge is 0.350 e. The molecular weight excluding hydrogens is 324 g/mol. The van der Waals surface area contributed by atoms with Crippen LogP contribution in [0.15, 0.2) is 30.0 Å². The molecule has 126 valence electrons. The molecule has 10 nitrogen and oxygen atoms in total. The van der Waals surface area contributed by atoms with Crippen molar-refractivity contribution in [3.8, 4) is 0 Å². The first-order chi connectivity index (χ1) is 11.1. The van der Waals surface area contributed by atoms with E-state index in [0.717, 1.165) is 24.4 Å². The van der Waals surface area contributed by atoms with Gasteiger partial charge in [-0.25, -0.2) is 14.4 Å². The zero-order valence-corrected chi connectivity index (χ0v) is 12.6. The summed E-state index contributed by atoms with van der Waals surface area (Å²) in [5, 5.41) is 22.3. The third kappa shape index (κ3) is 3.48. The molecule has 10 heteroatoms. The fourth-order valence-corrected chi connectivity index (χ4v) is 1.88. The summed E-state index contributed by atoms with van der Waals surface area (Å²) in [5.41, 5.74) is -1.32. The first kappa shape index (κ1) is 16.9. The van der Waals surface area contributed by atoms with E-state index >= 15 is 0 Å². The number of nitrogens with one attached hydrogen (secondary N) is 1. The van der Waals surface area contributed by atoms with Crippen LogP contribution in [0, 0.1) is 10.1 Å². The van der Waals surface area contributed by atoms with Crippen LogP contribution in [0.5, 0.6) is 0 Å². The standard InChI is InChI=1S/C14H12N2O8/c1-14(2)23-12(19)9(13(20)24-14)6-15-10-5-7(16(21)22)3-4-8(10)11(17)18/h3-6,15H,1-2H3,(H,17,18). The van der Waals surface area contributed by atoms with Crippen molar-refractivity contribution in [2.75, 3.05) is 5.32 Å². The van der Waals surface area contributed by atoms with Crippen LogP contribution in [0.1, 0.15) is 24.2 Å². The second kappa shape index (κ2) is 5.99. The first-order valence-electron chi connectivity index (χ1n) is 6.56. The summed E-state index contributed by atoms with van der Waals surface area (Å²) >= 11 is 0. The minimum absolute atomic E-state index is 0.172. The molecule has 0 aromatic heterocycles. The first-order valence-corrected chi connectivity index (χ1v) is 6.56. The van der Waals surface area contributed by atoms with Crippen LogP contribution >= 0.6 is 0 Å². The molecule has 0 saturated carbocycles. The van der Waals surface area contributed by atoms with Gasteiger partial charge in [0.2, 0.25) is 0 Å². The Hall–Kier alpha value is -3.43. The van der Waals surface area contributed by atoms with Gasteiger partial charge in [-0.3, -0.25) is 10.1 Å². The lowest BCUT2D eigenvalue weighted by Gasteiger charge is -2.29. The van der Waals surface area contributed by atoms with Crippen molar-refractivity contribution in [1.29, 1.82) is 0 Å². The van der Waals surface area contributed by atoms with E-state index in [9.17, 15) is 24.5 Å². The van der Waals surface area contributed by atoms with Gasteiger partial charge in [-0.2, -0.15) is 0 Å². The molecule has 0 bridgehead atoms. The van der Waals surface area contributed by atoms with Crippen LogP contribution in [0.2, 0.25) is 0 Å². The van der Waals surface area contributed by atoms with E-state index in [-0.39, 0.29) is 16.9 Å². The number of ether oxygens (including phenoxy) is 2. The number of cyclic esters (lactones) is 2. The number of anilines is 1. The SMILES string of the molecule is CC1(C)OC(=O)C(=CNc2cc([N+](=O)[O-])ccc2C(=O)O)C(=O)O1. The second-order valence-corrected chi connectivity index (χ2v) is 5.17. The minimum atomic E-state index is -1.41. The molecule has 1 aliphatic rings. The maximum atomic E-state index is 11.8. The molecule has 1 aromatic carbocycles. The van der Waals surface area contributed by atoms with Crippen molar-refractivity contribution < 1.29 is 33.9 Å². The molecule has 0 atom stereocenters. The van der Waals surface area contributed by atoms with Gasteiger partial charge in [0.15, 0.2) is 5.57 Å². The molecule has 0 amide bonds. The van der Waals surface area contributed by atoms with Crippen molar-refractivity contribution in [2.24, 2.45) is 0 Å². The number of rotatable bonds is 4. The number of nitro groups is 1. The lowest BCUT2D eigenvalue weighted by molar-refractivity contribution is -0.384. The number of carboxylic acid groups (broad SMARTS) is 1. The topological polar surface area (TPSA) is 145 Å². The number of carbonyl (C=O) groups excluding carboxylic acids is 2. The summed E-state index contributed by atoms with van der Waals surface area (Å²) in [5.74, 6) is -4.69. The van der Waals surface area contributed by atoms with Crippen molar-refractivity contribution in [2.45, 2.75) is 19.6 Å². The van der Waals surface area contributed by atoms with Gasteiger partial charge in [-0.1, -0.05) is 0 Å². The van der Waals surface area contributed by atoms with Crippen molar-refractivity contribution >= 4 is 29.3 Å². The van der Waals surface area contributed by atoms with E-state index in [1.807, 2.05) is 0 Å². The van der Waals surface area contributed by atoms with Gasteiger partial charge >= 0.3 is 17.9 Å². The van der Waals surface area contributed by atoms with Gasteiger partial charge in [0, 0.05) is 32.2 Å². The summed E-state index contributed by atoms with van der Waals surface area (Å²) in [7, 11) is 0. The predicted molar refractivity (Wildman–Crippen MR) is 78.0 cm³/mol. The van der Waals surface area contributed by atoms with Gasteiger partial charge in [0.25, 0.3) is 11.5 Å². The van der Waals surface area contributed by atoms with E-state index in [4.69, 9.17) is 14.6 Å². The molecule has 1 fully saturated rings. The monoisotopic (exact) mass is 336 g/mol. The highest BCUT2D eigenvalue weighted by molar-refractivity contribution is 6.15. The zero-order valence-electron chi connectivity index (χ0n) is 12.6. The normalized spacial score (nSPS) is 16.0. The second-order valence-electron chi connectivity index (χ2n) is 5.17. The fraction of sp³-hybridized carbons (Fsp3) is 0.214. The van der Waals surface area contributed by atoms with Crippen LogP contribution in [0.3, 0.4) is 0 Å². The Bertz CT molecular complexity index is 759. The molecule has 0 aliphatic carbocycles. The van der Waals surface area contributed by atoms with Crippen molar-refractivity contribution in [3.63, 3.8) is 0 Å². The van der Waals surface area contributed by atoms with E-state index in [1.165, 1.54) is 13.8 Å². The summed E-state index contributed by atoms with van der Waals surface area (Å²) in [6, 6.07) is 3.01. The van der Waals surface area contributed by atoms with Gasteiger partial charge in [-0.15, -0.1) is 0 Å². The summed E-state index contributed by atoms with van der Waals surface area (Å²) in [6.07, 6.45) is 0.880. The molecule has 0 unspecified atom stereocenters. The summed E-state index contributed by atoms with van der Waals surface area (Å²) < 4.78 is 9.74. The number of nitro benzene ring substituents is 1. The fourth-order valence-electron chi connectivity index (χ4n) is 1.88. The number of esters is 2. The molecule has 24 heavy (non-hydrogen) atoms. The van der Waals surface area contributed by atoms with Crippen LogP contribution in [0.4, 0.5) is 11.4 Å². The van der Waals surface area contributed by atoms with Crippen LogP contribution in [0.25, 0.3) is 0 Å². The number of nitrogens with zero attached hydrogens (tertiary/aromatic N) is 1. The summed E-state index contributed by atoms with van der Waals surface area (Å²) in [4.78, 5) is 44.8. The third-order valence-electron chi connectivity index (χ3n) is 2.93. The maximum absolute atomic E-state index is 11.8. The average Bonchev–Trinajstić information content (AvgIpc) is 2.44. The Morgan fingerprint density at radius 2 is 1.88 bits per heavy atom. The number of aromatic carboxylic acids is 1. The van der Waals surface area contributed by atoms with E-state index < -0.39 is 34.2 Å². The highest BCUT2D eigenvalue weighted by Crippen LogP contribution is 2.25. The Labute approximate surface area is 134 Å². The minimum Gasteiger partial charge on any atom is -0.478 e. The molecule has 1 aliphatic heterocycles. The number of carboxylic acids is 1. The molecule has 1 saturated heterocycles. The molecule has 1 heterocycles. The van der Waals surface area contributed by atoms with E-state index in [2.05, 4.69) is 5.32 Å². The quantitative estimate of drug-likeness (QED) is 0.274. The third-order valence-corrected chi connectivity index (χ3v) is 2.93. The molecule has 2 rings (SSSR count).